The monoisotopic (exact) mass is 231 g/mol. The molecule has 1 aromatic rings. The summed E-state index contributed by atoms with van der Waals surface area (Å²) in [6, 6.07) is 4.41. The van der Waals surface area contributed by atoms with Crippen molar-refractivity contribution in [3.05, 3.63) is 23.9 Å². The van der Waals surface area contributed by atoms with Crippen LogP contribution in [0.25, 0.3) is 0 Å². The predicted molar refractivity (Wildman–Crippen MR) is 70.4 cm³/mol. The number of pyridine rings is 1. The molecule has 0 spiro atoms. The molecule has 3 heterocycles. The highest BCUT2D eigenvalue weighted by Gasteiger charge is 2.36. The van der Waals surface area contributed by atoms with Crippen molar-refractivity contribution >= 4 is 5.82 Å². The molecular formula is C14H21N3. The first kappa shape index (κ1) is 11.0. The summed E-state index contributed by atoms with van der Waals surface area (Å²) in [5.41, 5.74) is 1.33. The fraction of sp³-hybridized carbons (Fsp3) is 0.643. The van der Waals surface area contributed by atoms with Crippen molar-refractivity contribution < 1.29 is 0 Å². The first-order chi connectivity index (χ1) is 8.24. The number of fused-ring (bicyclic) bond motifs is 1. The van der Waals surface area contributed by atoms with Gasteiger partial charge >= 0.3 is 0 Å². The largest absolute Gasteiger partial charge is 0.356 e. The van der Waals surface area contributed by atoms with Crippen LogP contribution in [-0.4, -0.2) is 31.2 Å². The smallest absolute Gasteiger partial charge is 0.128 e. The van der Waals surface area contributed by atoms with Gasteiger partial charge < -0.3 is 10.2 Å². The van der Waals surface area contributed by atoms with Gasteiger partial charge in [0.2, 0.25) is 0 Å². The van der Waals surface area contributed by atoms with Crippen LogP contribution in [0.15, 0.2) is 18.3 Å². The summed E-state index contributed by atoms with van der Waals surface area (Å²) in [5.74, 6) is 3.39. The van der Waals surface area contributed by atoms with Crippen LogP contribution in [0.2, 0.25) is 0 Å². The summed E-state index contributed by atoms with van der Waals surface area (Å²) in [6.07, 6.45) is 2.03. The van der Waals surface area contributed by atoms with Gasteiger partial charge in [-0.1, -0.05) is 19.9 Å². The van der Waals surface area contributed by atoms with Crippen molar-refractivity contribution in [3.8, 4) is 0 Å². The third-order valence-electron chi connectivity index (χ3n) is 4.15. The van der Waals surface area contributed by atoms with E-state index in [1.54, 1.807) is 0 Å². The Morgan fingerprint density at radius 1 is 1.24 bits per heavy atom. The van der Waals surface area contributed by atoms with Crippen molar-refractivity contribution in [1.29, 1.82) is 0 Å². The second kappa shape index (κ2) is 4.30. The van der Waals surface area contributed by atoms with Gasteiger partial charge in [-0.05, 0) is 29.4 Å². The van der Waals surface area contributed by atoms with E-state index in [0.717, 1.165) is 17.7 Å². The molecule has 2 aliphatic rings. The van der Waals surface area contributed by atoms with E-state index in [0.29, 0.717) is 5.92 Å². The Morgan fingerprint density at radius 3 is 2.47 bits per heavy atom. The first-order valence-electron chi connectivity index (χ1n) is 6.65. The molecule has 17 heavy (non-hydrogen) atoms. The van der Waals surface area contributed by atoms with E-state index in [1.807, 2.05) is 6.20 Å². The average molecular weight is 231 g/mol. The van der Waals surface area contributed by atoms with E-state index in [4.69, 9.17) is 0 Å². The molecule has 2 saturated heterocycles. The van der Waals surface area contributed by atoms with Gasteiger partial charge in [0.05, 0.1) is 0 Å². The standard InChI is InChI=1S/C14H21N3/c1-10(2)11-3-4-14(16-7-11)17-8-12-5-15-6-13(12)9-17/h3-4,7,10,12-13,15H,5-6,8-9H2,1-2H3. The first-order valence-corrected chi connectivity index (χ1v) is 6.65. The second-order valence-corrected chi connectivity index (χ2v) is 5.69. The maximum Gasteiger partial charge on any atom is 0.128 e. The lowest BCUT2D eigenvalue weighted by Crippen LogP contribution is -2.26. The summed E-state index contributed by atoms with van der Waals surface area (Å²) in [5, 5.41) is 3.47. The molecule has 3 rings (SSSR count). The second-order valence-electron chi connectivity index (χ2n) is 5.69. The van der Waals surface area contributed by atoms with Crippen molar-refractivity contribution in [3.63, 3.8) is 0 Å². The fourth-order valence-corrected chi connectivity index (χ4v) is 2.97. The molecule has 1 aromatic heterocycles. The zero-order valence-corrected chi connectivity index (χ0v) is 10.7. The Morgan fingerprint density at radius 2 is 1.94 bits per heavy atom. The fourth-order valence-electron chi connectivity index (χ4n) is 2.97. The minimum atomic E-state index is 0.568. The number of rotatable bonds is 2. The molecule has 0 bridgehead atoms. The number of hydrogen-bond donors (Lipinski definition) is 1. The Bertz CT molecular complexity index is 373. The molecule has 1 N–H and O–H groups in total. The third kappa shape index (κ3) is 2.04. The van der Waals surface area contributed by atoms with Crippen LogP contribution in [0.4, 0.5) is 5.82 Å². The van der Waals surface area contributed by atoms with Crippen LogP contribution in [0.3, 0.4) is 0 Å². The summed E-state index contributed by atoms with van der Waals surface area (Å²) in [4.78, 5) is 7.06. The van der Waals surface area contributed by atoms with Crippen LogP contribution in [-0.2, 0) is 0 Å². The van der Waals surface area contributed by atoms with Crippen molar-refractivity contribution in [1.82, 2.24) is 10.3 Å². The quantitative estimate of drug-likeness (QED) is 0.842. The lowest BCUT2D eigenvalue weighted by atomic mass is 10.0. The number of hydrogen-bond acceptors (Lipinski definition) is 3. The van der Waals surface area contributed by atoms with Crippen molar-refractivity contribution in [2.45, 2.75) is 19.8 Å². The maximum atomic E-state index is 4.61. The Kier molecular flexibility index (Phi) is 2.79. The highest BCUT2D eigenvalue weighted by molar-refractivity contribution is 5.41. The van der Waals surface area contributed by atoms with Gasteiger partial charge in [-0.15, -0.1) is 0 Å². The molecule has 2 fully saturated rings. The van der Waals surface area contributed by atoms with Gasteiger partial charge in [0.25, 0.3) is 0 Å². The lowest BCUT2D eigenvalue weighted by Gasteiger charge is -2.19. The summed E-state index contributed by atoms with van der Waals surface area (Å²) >= 11 is 0. The molecule has 92 valence electrons. The van der Waals surface area contributed by atoms with Crippen LogP contribution in [0, 0.1) is 11.8 Å². The molecule has 0 aromatic carbocycles. The molecule has 3 nitrogen and oxygen atoms in total. The maximum absolute atomic E-state index is 4.61. The molecule has 3 heteroatoms. The van der Waals surface area contributed by atoms with E-state index >= 15 is 0 Å². The van der Waals surface area contributed by atoms with E-state index in [2.05, 4.69) is 41.2 Å². The van der Waals surface area contributed by atoms with Crippen molar-refractivity contribution in [2.24, 2.45) is 11.8 Å². The van der Waals surface area contributed by atoms with E-state index in [1.165, 1.54) is 31.7 Å². The Labute approximate surface area is 103 Å². The average Bonchev–Trinajstić information content (AvgIpc) is 2.89. The minimum absolute atomic E-state index is 0.568. The number of anilines is 1. The molecule has 0 amide bonds. The minimum Gasteiger partial charge on any atom is -0.356 e. The molecule has 2 atom stereocenters. The summed E-state index contributed by atoms with van der Waals surface area (Å²) in [6.45, 7) is 9.14. The van der Waals surface area contributed by atoms with E-state index in [9.17, 15) is 0 Å². The van der Waals surface area contributed by atoms with E-state index in [-0.39, 0.29) is 0 Å². The van der Waals surface area contributed by atoms with Crippen LogP contribution < -0.4 is 10.2 Å². The van der Waals surface area contributed by atoms with Crippen LogP contribution in [0.5, 0.6) is 0 Å². The number of aromatic nitrogens is 1. The summed E-state index contributed by atoms with van der Waals surface area (Å²) < 4.78 is 0. The molecule has 2 unspecified atom stereocenters. The highest BCUT2D eigenvalue weighted by Crippen LogP contribution is 2.29. The lowest BCUT2D eigenvalue weighted by molar-refractivity contribution is 0.533. The van der Waals surface area contributed by atoms with Gasteiger partial charge in [-0.25, -0.2) is 4.98 Å². The van der Waals surface area contributed by atoms with Crippen LogP contribution in [0.1, 0.15) is 25.3 Å². The van der Waals surface area contributed by atoms with E-state index < -0.39 is 0 Å². The Balaban J connectivity index is 1.73. The predicted octanol–water partition coefficient (Wildman–Crippen LogP) is 1.86. The zero-order chi connectivity index (χ0) is 11.8. The van der Waals surface area contributed by atoms with Crippen molar-refractivity contribution in [2.75, 3.05) is 31.1 Å². The summed E-state index contributed by atoms with van der Waals surface area (Å²) in [7, 11) is 0. The Hall–Kier alpha value is -1.09. The number of nitrogens with one attached hydrogen (secondary N) is 1. The number of nitrogens with zero attached hydrogens (tertiary/aromatic N) is 2. The molecule has 0 aliphatic carbocycles. The highest BCUT2D eigenvalue weighted by atomic mass is 15.2. The van der Waals surface area contributed by atoms with Gasteiger partial charge in [0.1, 0.15) is 5.82 Å². The normalized spacial score (nSPS) is 27.8. The zero-order valence-electron chi connectivity index (χ0n) is 10.7. The van der Waals surface area contributed by atoms with Gasteiger partial charge in [-0.2, -0.15) is 0 Å². The van der Waals surface area contributed by atoms with Gasteiger partial charge in [0.15, 0.2) is 0 Å². The molecule has 0 saturated carbocycles. The van der Waals surface area contributed by atoms with Gasteiger partial charge in [0, 0.05) is 32.4 Å². The third-order valence-corrected chi connectivity index (χ3v) is 4.15. The SMILES string of the molecule is CC(C)c1ccc(N2CC3CNCC3C2)nc1. The molecule has 0 radical (unpaired) electrons. The van der Waals surface area contributed by atoms with Crippen LogP contribution >= 0.6 is 0 Å². The van der Waals surface area contributed by atoms with Gasteiger partial charge in [-0.3, -0.25) is 0 Å². The topological polar surface area (TPSA) is 28.2 Å². The molecular weight excluding hydrogens is 210 g/mol. The molecule has 2 aliphatic heterocycles.